The van der Waals surface area contributed by atoms with Gasteiger partial charge in [0.1, 0.15) is 5.82 Å². The Morgan fingerprint density at radius 3 is 2.68 bits per heavy atom. The van der Waals surface area contributed by atoms with Crippen molar-refractivity contribution in [2.45, 2.75) is 57.9 Å². The van der Waals surface area contributed by atoms with Gasteiger partial charge in [-0.3, -0.25) is 0 Å². The minimum absolute atomic E-state index is 0.497. The fourth-order valence-electron chi connectivity index (χ4n) is 2.80. The van der Waals surface area contributed by atoms with Gasteiger partial charge in [-0.1, -0.05) is 32.8 Å². The fourth-order valence-corrected chi connectivity index (χ4v) is 2.95. The lowest BCUT2D eigenvalue weighted by molar-refractivity contribution is 0.525. The zero-order valence-electron chi connectivity index (χ0n) is 12.1. The first-order chi connectivity index (χ1) is 9.20. The van der Waals surface area contributed by atoms with E-state index in [1.54, 1.807) is 0 Å². The van der Waals surface area contributed by atoms with Gasteiger partial charge >= 0.3 is 0 Å². The van der Waals surface area contributed by atoms with Crippen molar-refractivity contribution in [2.75, 3.05) is 11.4 Å². The van der Waals surface area contributed by atoms with E-state index in [4.69, 9.17) is 16.6 Å². The van der Waals surface area contributed by atoms with Crippen LogP contribution < -0.4 is 4.90 Å². The van der Waals surface area contributed by atoms with Crippen LogP contribution in [0.15, 0.2) is 18.2 Å². The summed E-state index contributed by atoms with van der Waals surface area (Å²) < 4.78 is 0. The number of aromatic nitrogens is 1. The lowest BCUT2D eigenvalue weighted by Crippen LogP contribution is -2.35. The van der Waals surface area contributed by atoms with E-state index in [0.29, 0.717) is 11.9 Å². The topological polar surface area (TPSA) is 16.1 Å². The maximum atomic E-state index is 5.91. The molecule has 0 radical (unpaired) electrons. The molecule has 1 aliphatic rings. The Labute approximate surface area is 122 Å². The molecule has 0 saturated heterocycles. The molecule has 3 heteroatoms. The number of rotatable bonds is 6. The summed E-state index contributed by atoms with van der Waals surface area (Å²) in [4.78, 5) is 7.22. The van der Waals surface area contributed by atoms with Gasteiger partial charge in [0.2, 0.25) is 0 Å². The van der Waals surface area contributed by atoms with Gasteiger partial charge < -0.3 is 4.90 Å². The van der Waals surface area contributed by atoms with Crippen LogP contribution in [0.1, 0.15) is 51.6 Å². The Balaban J connectivity index is 2.14. The van der Waals surface area contributed by atoms with E-state index < -0.39 is 0 Å². The van der Waals surface area contributed by atoms with Crippen LogP contribution in [-0.4, -0.2) is 17.6 Å². The predicted molar refractivity (Wildman–Crippen MR) is 82.9 cm³/mol. The molecule has 0 N–H and O–H groups in total. The Bertz CT molecular complexity index is 386. The second-order valence-corrected chi connectivity index (χ2v) is 6.20. The smallest absolute Gasteiger partial charge is 0.129 e. The molecule has 1 aliphatic carbocycles. The van der Waals surface area contributed by atoms with Crippen molar-refractivity contribution < 1.29 is 0 Å². The summed E-state index contributed by atoms with van der Waals surface area (Å²) in [6.45, 7) is 5.69. The third-order valence-electron chi connectivity index (χ3n) is 3.94. The zero-order valence-corrected chi connectivity index (χ0v) is 12.9. The number of hydrogen-bond donors (Lipinski definition) is 0. The van der Waals surface area contributed by atoms with Crippen molar-refractivity contribution in [2.24, 2.45) is 5.92 Å². The van der Waals surface area contributed by atoms with Crippen molar-refractivity contribution in [1.82, 2.24) is 4.98 Å². The molecule has 2 rings (SSSR count). The van der Waals surface area contributed by atoms with Crippen LogP contribution in [0.5, 0.6) is 0 Å². The molecule has 0 aromatic carbocycles. The minimum atomic E-state index is 0.497. The summed E-state index contributed by atoms with van der Waals surface area (Å²) in [6.07, 6.45) is 6.56. The number of halogens is 1. The van der Waals surface area contributed by atoms with Gasteiger partial charge in [0.15, 0.2) is 0 Å². The molecule has 1 saturated carbocycles. The highest BCUT2D eigenvalue weighted by molar-refractivity contribution is 6.16. The standard InChI is InChI=1S/C16H25ClN2/c1-13(2)10-11-19(15-7-3-4-8-15)16-9-5-6-14(12-17)18-16/h5-6,9,13,15H,3-4,7-8,10-12H2,1-2H3. The summed E-state index contributed by atoms with van der Waals surface area (Å²) in [7, 11) is 0. The highest BCUT2D eigenvalue weighted by atomic mass is 35.5. The maximum absolute atomic E-state index is 5.91. The van der Waals surface area contributed by atoms with E-state index in [0.717, 1.165) is 24.0 Å². The normalized spacial score (nSPS) is 16.2. The van der Waals surface area contributed by atoms with Gasteiger partial charge in [-0.05, 0) is 37.3 Å². The Morgan fingerprint density at radius 1 is 1.32 bits per heavy atom. The Morgan fingerprint density at radius 2 is 2.05 bits per heavy atom. The minimum Gasteiger partial charge on any atom is -0.354 e. The molecule has 0 amide bonds. The average molecular weight is 281 g/mol. The number of nitrogens with zero attached hydrogens (tertiary/aromatic N) is 2. The molecule has 1 heterocycles. The molecule has 2 nitrogen and oxygen atoms in total. The second kappa shape index (κ2) is 7.14. The van der Waals surface area contributed by atoms with E-state index in [1.807, 2.05) is 6.07 Å². The molecular formula is C16H25ClN2. The van der Waals surface area contributed by atoms with Crippen molar-refractivity contribution in [1.29, 1.82) is 0 Å². The van der Waals surface area contributed by atoms with Gasteiger partial charge in [0.25, 0.3) is 0 Å². The lowest BCUT2D eigenvalue weighted by Gasteiger charge is -2.31. The van der Waals surface area contributed by atoms with Crippen LogP contribution in [0, 0.1) is 5.92 Å². The second-order valence-electron chi connectivity index (χ2n) is 5.93. The highest BCUT2D eigenvalue weighted by Gasteiger charge is 2.23. The number of alkyl halides is 1. The van der Waals surface area contributed by atoms with Gasteiger partial charge in [-0.25, -0.2) is 4.98 Å². The Hall–Kier alpha value is -0.760. The summed E-state index contributed by atoms with van der Waals surface area (Å²) >= 11 is 5.91. The third-order valence-corrected chi connectivity index (χ3v) is 4.21. The molecule has 1 aromatic rings. The maximum Gasteiger partial charge on any atom is 0.129 e. The number of anilines is 1. The van der Waals surface area contributed by atoms with Crippen LogP contribution in [0.4, 0.5) is 5.82 Å². The monoisotopic (exact) mass is 280 g/mol. The zero-order chi connectivity index (χ0) is 13.7. The summed E-state index contributed by atoms with van der Waals surface area (Å²) in [5.41, 5.74) is 0.978. The molecule has 0 aliphatic heterocycles. The van der Waals surface area contributed by atoms with Crippen molar-refractivity contribution in [3.8, 4) is 0 Å². The quantitative estimate of drug-likeness (QED) is 0.707. The van der Waals surface area contributed by atoms with E-state index >= 15 is 0 Å². The van der Waals surface area contributed by atoms with Crippen LogP contribution in [0.2, 0.25) is 0 Å². The van der Waals surface area contributed by atoms with Crippen molar-refractivity contribution >= 4 is 17.4 Å². The number of pyridine rings is 1. The molecular weight excluding hydrogens is 256 g/mol. The molecule has 19 heavy (non-hydrogen) atoms. The van der Waals surface area contributed by atoms with Crippen LogP contribution in [0.3, 0.4) is 0 Å². The first kappa shape index (κ1) is 14.6. The van der Waals surface area contributed by atoms with E-state index in [1.165, 1.54) is 32.1 Å². The van der Waals surface area contributed by atoms with Crippen LogP contribution in [0.25, 0.3) is 0 Å². The summed E-state index contributed by atoms with van der Waals surface area (Å²) in [5, 5.41) is 0. The molecule has 0 atom stereocenters. The van der Waals surface area contributed by atoms with Gasteiger partial charge in [-0.15, -0.1) is 11.6 Å². The third kappa shape index (κ3) is 4.10. The molecule has 0 bridgehead atoms. The van der Waals surface area contributed by atoms with E-state index in [-0.39, 0.29) is 0 Å². The van der Waals surface area contributed by atoms with Crippen LogP contribution in [-0.2, 0) is 5.88 Å². The van der Waals surface area contributed by atoms with Gasteiger partial charge in [0, 0.05) is 12.6 Å². The molecule has 0 spiro atoms. The van der Waals surface area contributed by atoms with E-state index in [2.05, 4.69) is 30.9 Å². The number of hydrogen-bond acceptors (Lipinski definition) is 2. The largest absolute Gasteiger partial charge is 0.354 e. The first-order valence-electron chi connectivity index (χ1n) is 7.49. The molecule has 1 aromatic heterocycles. The molecule has 1 fully saturated rings. The summed E-state index contributed by atoms with van der Waals surface area (Å²) in [6, 6.07) is 6.90. The van der Waals surface area contributed by atoms with Crippen molar-refractivity contribution in [3.63, 3.8) is 0 Å². The average Bonchev–Trinajstić information content (AvgIpc) is 2.93. The lowest BCUT2D eigenvalue weighted by atomic mass is 10.1. The molecule has 106 valence electrons. The van der Waals surface area contributed by atoms with Crippen LogP contribution >= 0.6 is 11.6 Å². The van der Waals surface area contributed by atoms with Gasteiger partial charge in [0.05, 0.1) is 11.6 Å². The molecule has 0 unspecified atom stereocenters. The van der Waals surface area contributed by atoms with Crippen molar-refractivity contribution in [3.05, 3.63) is 23.9 Å². The SMILES string of the molecule is CC(C)CCN(c1cccc(CCl)n1)C1CCCC1. The predicted octanol–water partition coefficient (Wildman–Crippen LogP) is 4.62. The van der Waals surface area contributed by atoms with Gasteiger partial charge in [-0.2, -0.15) is 0 Å². The Kier molecular flexibility index (Phi) is 5.50. The fraction of sp³-hybridized carbons (Fsp3) is 0.688. The van der Waals surface area contributed by atoms with E-state index in [9.17, 15) is 0 Å². The summed E-state index contributed by atoms with van der Waals surface area (Å²) in [5.74, 6) is 2.35. The highest BCUT2D eigenvalue weighted by Crippen LogP contribution is 2.28. The first-order valence-corrected chi connectivity index (χ1v) is 8.02.